The fourth-order valence-electron chi connectivity index (χ4n) is 4.41. The number of hydrogen-bond donors (Lipinski definition) is 0. The number of nitrogens with zero attached hydrogens (tertiary/aromatic N) is 1. The zero-order valence-corrected chi connectivity index (χ0v) is 20.0. The highest BCUT2D eigenvalue weighted by Gasteiger charge is 2.22. The molecule has 0 unspecified atom stereocenters. The highest BCUT2D eigenvalue weighted by atomic mass is 32.1. The molecule has 0 saturated heterocycles. The number of fused-ring (bicyclic) bond motifs is 4. The lowest BCUT2D eigenvalue weighted by Crippen LogP contribution is -2.12. The Labute approximate surface area is 187 Å². The Hall–Kier alpha value is -2.65. The van der Waals surface area contributed by atoms with Crippen molar-refractivity contribution in [3.63, 3.8) is 0 Å². The topological polar surface area (TPSA) is 26.0 Å². The predicted molar refractivity (Wildman–Crippen MR) is 134 cm³/mol. The van der Waals surface area contributed by atoms with Crippen molar-refractivity contribution in [1.82, 2.24) is 4.98 Å². The van der Waals surface area contributed by atoms with Gasteiger partial charge in [0, 0.05) is 23.6 Å². The maximum Gasteiger partial charge on any atom is 0.153 e. The zero-order valence-electron chi connectivity index (χ0n) is 19.2. The number of furan rings is 1. The molecule has 0 amide bonds. The standard InChI is InChI=1S/C28H29NOS/c1-27(2,3)16-19-15-23-25(30-19)21-11-12-29-24(26(21)31-23)18-13-17-9-7-8-10-20(17)22(14-18)28(4,5)6/h7-15H,16H2,1-6H3. The summed E-state index contributed by atoms with van der Waals surface area (Å²) >= 11 is 1.79. The molecule has 0 fully saturated rings. The average molecular weight is 428 g/mol. The van der Waals surface area contributed by atoms with Crippen molar-refractivity contribution in [2.45, 2.75) is 53.4 Å². The van der Waals surface area contributed by atoms with Gasteiger partial charge in [-0.2, -0.15) is 0 Å². The fourth-order valence-corrected chi connectivity index (χ4v) is 5.60. The van der Waals surface area contributed by atoms with Crippen LogP contribution >= 0.6 is 11.3 Å². The highest BCUT2D eigenvalue weighted by molar-refractivity contribution is 7.26. The highest BCUT2D eigenvalue weighted by Crippen LogP contribution is 2.42. The van der Waals surface area contributed by atoms with Crippen LogP contribution in [0.25, 0.3) is 42.4 Å². The Morgan fingerprint density at radius 3 is 2.42 bits per heavy atom. The van der Waals surface area contributed by atoms with E-state index in [1.54, 1.807) is 11.3 Å². The van der Waals surface area contributed by atoms with Crippen LogP contribution in [0.4, 0.5) is 0 Å². The van der Waals surface area contributed by atoms with E-state index in [4.69, 9.17) is 9.40 Å². The fraction of sp³-hybridized carbons (Fsp3) is 0.321. The number of rotatable bonds is 2. The molecule has 3 heterocycles. The van der Waals surface area contributed by atoms with E-state index >= 15 is 0 Å². The van der Waals surface area contributed by atoms with Crippen molar-refractivity contribution in [2.24, 2.45) is 5.41 Å². The average Bonchev–Trinajstić information content (AvgIpc) is 3.21. The molecule has 3 aromatic heterocycles. The van der Waals surface area contributed by atoms with Crippen LogP contribution in [0, 0.1) is 5.41 Å². The molecule has 0 radical (unpaired) electrons. The largest absolute Gasteiger partial charge is 0.459 e. The number of pyridine rings is 1. The summed E-state index contributed by atoms with van der Waals surface area (Å²) < 4.78 is 8.73. The molecule has 5 aromatic rings. The number of aromatic nitrogens is 1. The van der Waals surface area contributed by atoms with Crippen LogP contribution < -0.4 is 0 Å². The van der Waals surface area contributed by atoms with Gasteiger partial charge in [-0.15, -0.1) is 11.3 Å². The van der Waals surface area contributed by atoms with E-state index in [0.29, 0.717) is 0 Å². The van der Waals surface area contributed by atoms with Crippen LogP contribution in [-0.4, -0.2) is 4.98 Å². The summed E-state index contributed by atoms with van der Waals surface area (Å²) in [6.07, 6.45) is 2.86. The number of hydrogen-bond acceptors (Lipinski definition) is 3. The second-order valence-electron chi connectivity index (χ2n) is 10.8. The van der Waals surface area contributed by atoms with Crippen molar-refractivity contribution < 1.29 is 4.42 Å². The van der Waals surface area contributed by atoms with Crippen LogP contribution in [0.15, 0.2) is 59.1 Å². The van der Waals surface area contributed by atoms with Gasteiger partial charge in [0.15, 0.2) is 5.58 Å². The van der Waals surface area contributed by atoms with Crippen molar-refractivity contribution in [2.75, 3.05) is 0 Å². The Morgan fingerprint density at radius 2 is 1.68 bits per heavy atom. The van der Waals surface area contributed by atoms with E-state index in [0.717, 1.165) is 28.8 Å². The van der Waals surface area contributed by atoms with E-state index in [1.165, 1.54) is 31.3 Å². The molecular formula is C28H29NOS. The molecule has 0 aliphatic rings. The van der Waals surface area contributed by atoms with Crippen LogP contribution in [0.3, 0.4) is 0 Å². The molecule has 0 aliphatic heterocycles. The summed E-state index contributed by atoms with van der Waals surface area (Å²) in [6, 6.07) is 17.6. The first kappa shape index (κ1) is 20.3. The first-order valence-corrected chi connectivity index (χ1v) is 11.8. The van der Waals surface area contributed by atoms with Gasteiger partial charge in [0.25, 0.3) is 0 Å². The molecule has 0 N–H and O–H groups in total. The Kier molecular flexibility index (Phi) is 4.53. The molecule has 0 aliphatic carbocycles. The molecule has 2 aromatic carbocycles. The summed E-state index contributed by atoms with van der Waals surface area (Å²) in [6.45, 7) is 13.6. The van der Waals surface area contributed by atoms with E-state index < -0.39 is 0 Å². The molecule has 5 rings (SSSR count). The van der Waals surface area contributed by atoms with Gasteiger partial charge in [0.05, 0.1) is 15.1 Å². The second-order valence-corrected chi connectivity index (χ2v) is 11.8. The van der Waals surface area contributed by atoms with Gasteiger partial charge in [0.1, 0.15) is 5.76 Å². The monoisotopic (exact) mass is 427 g/mol. The van der Waals surface area contributed by atoms with E-state index in [1.807, 2.05) is 6.20 Å². The van der Waals surface area contributed by atoms with Crippen molar-refractivity contribution in [1.29, 1.82) is 0 Å². The lowest BCUT2D eigenvalue weighted by molar-refractivity contribution is 0.371. The third-order valence-corrected chi connectivity index (χ3v) is 6.90. The second kappa shape index (κ2) is 6.93. The van der Waals surface area contributed by atoms with E-state index in [2.05, 4.69) is 90.1 Å². The summed E-state index contributed by atoms with van der Waals surface area (Å²) in [7, 11) is 0. The molecule has 3 heteroatoms. The summed E-state index contributed by atoms with van der Waals surface area (Å²) in [5.41, 5.74) is 4.83. The quantitative estimate of drug-likeness (QED) is 0.281. The van der Waals surface area contributed by atoms with Crippen molar-refractivity contribution in [3.8, 4) is 11.3 Å². The van der Waals surface area contributed by atoms with Crippen LogP contribution in [0.1, 0.15) is 52.9 Å². The summed E-state index contributed by atoms with van der Waals surface area (Å²) in [5, 5.41) is 3.74. The third kappa shape index (κ3) is 3.65. The maximum atomic E-state index is 6.32. The van der Waals surface area contributed by atoms with Crippen LogP contribution in [-0.2, 0) is 11.8 Å². The van der Waals surface area contributed by atoms with Gasteiger partial charge >= 0.3 is 0 Å². The number of thiophene rings is 1. The Morgan fingerprint density at radius 1 is 0.903 bits per heavy atom. The Bertz CT molecular complexity index is 1420. The molecule has 0 bridgehead atoms. The van der Waals surface area contributed by atoms with Crippen molar-refractivity contribution >= 4 is 42.5 Å². The molecule has 2 nitrogen and oxygen atoms in total. The summed E-state index contributed by atoms with van der Waals surface area (Å²) in [4.78, 5) is 4.83. The first-order valence-electron chi connectivity index (χ1n) is 10.9. The first-order chi connectivity index (χ1) is 14.6. The van der Waals surface area contributed by atoms with Crippen molar-refractivity contribution in [3.05, 3.63) is 66.1 Å². The molecule has 31 heavy (non-hydrogen) atoms. The molecule has 0 saturated carbocycles. The molecule has 158 valence electrons. The van der Waals surface area contributed by atoms with Gasteiger partial charge in [-0.25, -0.2) is 0 Å². The lowest BCUT2D eigenvalue weighted by atomic mass is 9.82. The maximum absolute atomic E-state index is 6.32. The minimum atomic E-state index is 0.0500. The smallest absolute Gasteiger partial charge is 0.153 e. The number of benzene rings is 2. The molecule has 0 atom stereocenters. The predicted octanol–water partition coefficient (Wildman–Crippen LogP) is 8.75. The minimum Gasteiger partial charge on any atom is -0.459 e. The zero-order chi connectivity index (χ0) is 22.0. The van der Waals surface area contributed by atoms with Crippen LogP contribution in [0.2, 0.25) is 0 Å². The normalized spacial score (nSPS) is 13.0. The van der Waals surface area contributed by atoms with Gasteiger partial charge < -0.3 is 4.42 Å². The lowest BCUT2D eigenvalue weighted by Gasteiger charge is -2.22. The van der Waals surface area contributed by atoms with Crippen LogP contribution in [0.5, 0.6) is 0 Å². The van der Waals surface area contributed by atoms with Gasteiger partial charge in [0.2, 0.25) is 0 Å². The third-order valence-electron chi connectivity index (χ3n) is 5.76. The van der Waals surface area contributed by atoms with E-state index in [9.17, 15) is 0 Å². The SMILES string of the molecule is CC(C)(C)Cc1cc2sc3c(-c4cc(C(C)(C)C)c5ccccc5c4)nccc3c2o1. The molecule has 0 spiro atoms. The minimum absolute atomic E-state index is 0.0500. The van der Waals surface area contributed by atoms with Gasteiger partial charge in [-0.1, -0.05) is 65.8 Å². The van der Waals surface area contributed by atoms with E-state index in [-0.39, 0.29) is 10.8 Å². The summed E-state index contributed by atoms with van der Waals surface area (Å²) in [5.74, 6) is 1.06. The molecular weight excluding hydrogens is 398 g/mol. The van der Waals surface area contributed by atoms with Gasteiger partial charge in [-0.05, 0) is 51.4 Å². The van der Waals surface area contributed by atoms with Gasteiger partial charge in [-0.3, -0.25) is 4.98 Å². The Balaban J connectivity index is 1.72.